The Labute approximate surface area is 180 Å². The maximum absolute atomic E-state index is 12.7. The van der Waals surface area contributed by atoms with Gasteiger partial charge in [-0.05, 0) is 44.2 Å². The summed E-state index contributed by atoms with van der Waals surface area (Å²) in [5.41, 5.74) is 2.97. The minimum atomic E-state index is -3.07. The summed E-state index contributed by atoms with van der Waals surface area (Å²) in [6, 6.07) is 14.4. The van der Waals surface area contributed by atoms with Crippen LogP contribution in [0.1, 0.15) is 23.1 Å². The van der Waals surface area contributed by atoms with Crippen molar-refractivity contribution in [1.29, 1.82) is 0 Å². The first-order valence-corrected chi connectivity index (χ1v) is 11.9. The molecule has 4 rings (SSSR count). The van der Waals surface area contributed by atoms with Gasteiger partial charge in [-0.1, -0.05) is 18.2 Å². The normalized spacial score (nSPS) is 16.8. The number of sulfone groups is 1. The fraction of sp³-hybridized carbons (Fsp3) is 0.318. The Bertz CT molecular complexity index is 1240. The molecule has 0 saturated carbocycles. The molecule has 2 aromatic carbocycles. The van der Waals surface area contributed by atoms with Crippen LogP contribution in [0, 0.1) is 6.92 Å². The molecule has 1 fully saturated rings. The van der Waals surface area contributed by atoms with Gasteiger partial charge < -0.3 is 10.2 Å². The molecule has 1 saturated heterocycles. The smallest absolute Gasteiger partial charge is 0.251 e. The lowest BCUT2D eigenvalue weighted by molar-refractivity contribution is -0.132. The number of benzene rings is 2. The summed E-state index contributed by atoms with van der Waals surface area (Å²) in [4.78, 5) is 31.4. The number of nitrogens with zero attached hydrogens (tertiary/aromatic N) is 3. The molecular formula is C22H24N4O4S. The second-order valence-corrected chi connectivity index (χ2v) is 10.0. The maximum atomic E-state index is 12.7. The highest BCUT2D eigenvalue weighted by Gasteiger charge is 2.28. The third-order valence-corrected chi connectivity index (χ3v) is 7.08. The number of hydrogen-bond acceptors (Lipinski definition) is 5. The maximum Gasteiger partial charge on any atom is 0.251 e. The number of carbonyl (C=O) groups excluding carboxylic acids is 2. The second-order valence-electron chi connectivity index (χ2n) is 7.71. The van der Waals surface area contributed by atoms with Crippen LogP contribution in [0.5, 0.6) is 0 Å². The van der Waals surface area contributed by atoms with Gasteiger partial charge in [-0.3, -0.25) is 14.2 Å². The third-order valence-electron chi connectivity index (χ3n) is 5.47. The van der Waals surface area contributed by atoms with E-state index >= 15 is 0 Å². The van der Waals surface area contributed by atoms with Crippen molar-refractivity contribution in [1.82, 2.24) is 19.8 Å². The molecule has 0 spiro atoms. The van der Waals surface area contributed by atoms with E-state index in [2.05, 4.69) is 10.3 Å². The Morgan fingerprint density at radius 3 is 2.42 bits per heavy atom. The van der Waals surface area contributed by atoms with Crippen LogP contribution < -0.4 is 5.32 Å². The van der Waals surface area contributed by atoms with E-state index in [-0.39, 0.29) is 36.4 Å². The Morgan fingerprint density at radius 2 is 1.74 bits per heavy atom. The van der Waals surface area contributed by atoms with Gasteiger partial charge in [-0.2, -0.15) is 0 Å². The molecule has 9 heteroatoms. The van der Waals surface area contributed by atoms with E-state index in [0.29, 0.717) is 11.1 Å². The van der Waals surface area contributed by atoms with Crippen molar-refractivity contribution in [2.45, 2.75) is 19.9 Å². The van der Waals surface area contributed by atoms with Gasteiger partial charge in [0.25, 0.3) is 5.91 Å². The zero-order chi connectivity index (χ0) is 22.2. The highest BCUT2D eigenvalue weighted by atomic mass is 32.2. The minimum absolute atomic E-state index is 0.0422. The van der Waals surface area contributed by atoms with Crippen LogP contribution in [0.25, 0.3) is 16.7 Å². The molecule has 0 bridgehead atoms. The van der Waals surface area contributed by atoms with Crippen LogP contribution >= 0.6 is 0 Å². The molecule has 162 valence electrons. The van der Waals surface area contributed by atoms with Gasteiger partial charge in [0.1, 0.15) is 11.9 Å². The summed E-state index contributed by atoms with van der Waals surface area (Å²) in [5.74, 6) is 0.0640. The van der Waals surface area contributed by atoms with Gasteiger partial charge in [-0.15, -0.1) is 0 Å². The van der Waals surface area contributed by atoms with Crippen molar-refractivity contribution in [2.75, 3.05) is 24.6 Å². The average molecular weight is 441 g/mol. The quantitative estimate of drug-likeness (QED) is 0.666. The number of para-hydroxylation sites is 1. The highest BCUT2D eigenvalue weighted by Crippen LogP contribution is 2.22. The van der Waals surface area contributed by atoms with E-state index in [1.165, 1.54) is 4.90 Å². The number of imidazole rings is 1. The molecule has 8 nitrogen and oxygen atoms in total. The van der Waals surface area contributed by atoms with Gasteiger partial charge in [0.05, 0.1) is 22.5 Å². The van der Waals surface area contributed by atoms with Crippen molar-refractivity contribution >= 4 is 32.7 Å². The van der Waals surface area contributed by atoms with Crippen LogP contribution in [-0.2, 0) is 14.6 Å². The molecule has 3 aromatic rings. The standard InChI is InChI=1S/C22H24N4O4S/c1-15(22(28)25-10-12-31(29,30)13-11-25)23-21(27)17-8-9-20-19(14-17)24-16(2)26(20)18-6-4-3-5-7-18/h3-9,14-15H,10-13H2,1-2H3,(H,23,27). The Morgan fingerprint density at radius 1 is 1.06 bits per heavy atom. The van der Waals surface area contributed by atoms with Crippen LogP contribution in [0.4, 0.5) is 0 Å². The van der Waals surface area contributed by atoms with Crippen molar-refractivity contribution < 1.29 is 18.0 Å². The first-order chi connectivity index (χ1) is 14.7. The van der Waals surface area contributed by atoms with Gasteiger partial charge >= 0.3 is 0 Å². The molecule has 31 heavy (non-hydrogen) atoms. The molecule has 1 unspecified atom stereocenters. The van der Waals surface area contributed by atoms with Gasteiger partial charge in [-0.25, -0.2) is 13.4 Å². The zero-order valence-electron chi connectivity index (χ0n) is 17.4. The van der Waals surface area contributed by atoms with Crippen LogP contribution in [0.3, 0.4) is 0 Å². The summed E-state index contributed by atoms with van der Waals surface area (Å²) in [6.07, 6.45) is 0. The number of nitrogens with one attached hydrogen (secondary N) is 1. The summed E-state index contributed by atoms with van der Waals surface area (Å²) in [7, 11) is -3.07. The summed E-state index contributed by atoms with van der Waals surface area (Å²) < 4.78 is 25.1. The lowest BCUT2D eigenvalue weighted by atomic mass is 10.1. The SMILES string of the molecule is Cc1nc2cc(C(=O)NC(C)C(=O)N3CCS(=O)(=O)CC3)ccc2n1-c1ccccc1. The lowest BCUT2D eigenvalue weighted by Gasteiger charge is -2.29. The average Bonchev–Trinajstić information content (AvgIpc) is 3.08. The van der Waals surface area contributed by atoms with E-state index in [1.807, 2.05) is 47.9 Å². The first-order valence-electron chi connectivity index (χ1n) is 10.1. The number of fused-ring (bicyclic) bond motifs is 1. The van der Waals surface area contributed by atoms with E-state index in [9.17, 15) is 18.0 Å². The van der Waals surface area contributed by atoms with Crippen molar-refractivity contribution in [2.24, 2.45) is 0 Å². The first kappa shape index (κ1) is 21.0. The van der Waals surface area contributed by atoms with Gasteiger partial charge in [0.2, 0.25) is 5.91 Å². The summed E-state index contributed by atoms with van der Waals surface area (Å²) >= 11 is 0. The van der Waals surface area contributed by atoms with Crippen LogP contribution in [0.15, 0.2) is 48.5 Å². The largest absolute Gasteiger partial charge is 0.341 e. The summed E-state index contributed by atoms with van der Waals surface area (Å²) in [5, 5.41) is 2.72. The monoisotopic (exact) mass is 440 g/mol. The fourth-order valence-electron chi connectivity index (χ4n) is 3.79. The van der Waals surface area contributed by atoms with E-state index in [0.717, 1.165) is 17.0 Å². The van der Waals surface area contributed by atoms with Crippen LogP contribution in [0.2, 0.25) is 0 Å². The Balaban J connectivity index is 1.50. The molecule has 1 aliphatic heterocycles. The van der Waals surface area contributed by atoms with Gasteiger partial charge in [0.15, 0.2) is 9.84 Å². The molecule has 0 aliphatic carbocycles. The predicted molar refractivity (Wildman–Crippen MR) is 118 cm³/mol. The van der Waals surface area contributed by atoms with E-state index in [1.54, 1.807) is 19.1 Å². The number of hydrogen-bond donors (Lipinski definition) is 1. The molecule has 0 radical (unpaired) electrons. The molecule has 1 aromatic heterocycles. The molecule has 1 N–H and O–H groups in total. The topological polar surface area (TPSA) is 101 Å². The molecule has 2 heterocycles. The summed E-state index contributed by atoms with van der Waals surface area (Å²) in [6.45, 7) is 3.83. The molecule has 1 atom stereocenters. The minimum Gasteiger partial charge on any atom is -0.341 e. The zero-order valence-corrected chi connectivity index (χ0v) is 18.2. The highest BCUT2D eigenvalue weighted by molar-refractivity contribution is 7.91. The predicted octanol–water partition coefficient (Wildman–Crippen LogP) is 1.71. The molecule has 1 aliphatic rings. The van der Waals surface area contributed by atoms with Gasteiger partial charge in [0, 0.05) is 24.3 Å². The molecular weight excluding hydrogens is 416 g/mol. The third kappa shape index (κ3) is 4.32. The van der Waals surface area contributed by atoms with Crippen LogP contribution in [-0.4, -0.2) is 65.3 Å². The second kappa shape index (κ2) is 8.14. The van der Waals surface area contributed by atoms with Crippen molar-refractivity contribution in [3.8, 4) is 5.69 Å². The van der Waals surface area contributed by atoms with Crippen molar-refractivity contribution in [3.05, 3.63) is 59.9 Å². The Hall–Kier alpha value is -3.20. The fourth-order valence-corrected chi connectivity index (χ4v) is 4.99. The number of amides is 2. The van der Waals surface area contributed by atoms with E-state index in [4.69, 9.17) is 0 Å². The Kier molecular flexibility index (Phi) is 5.53. The van der Waals surface area contributed by atoms with E-state index < -0.39 is 15.9 Å². The lowest BCUT2D eigenvalue weighted by Crippen LogP contribution is -2.51. The number of carbonyl (C=O) groups is 2. The number of aryl methyl sites for hydroxylation is 1. The number of rotatable bonds is 4. The molecule has 2 amide bonds. The van der Waals surface area contributed by atoms with Crippen molar-refractivity contribution in [3.63, 3.8) is 0 Å². The number of aromatic nitrogens is 2.